The first-order valence-corrected chi connectivity index (χ1v) is 8.00. The standard InChI is InChI=1S/C16H18F2N2O5/c1-2-23-14(21)10-4-3-7-20(9-10)15(22)19-11-5-6-12-13(8-11)25-16(17,18)24-12/h5-6,8,10H,2-4,7,9H2,1H3,(H,19,22). The Morgan fingerprint density at radius 2 is 2.12 bits per heavy atom. The highest BCUT2D eigenvalue weighted by Crippen LogP contribution is 2.42. The number of likely N-dealkylation sites (tertiary alicyclic amines) is 1. The third kappa shape index (κ3) is 3.92. The van der Waals surface area contributed by atoms with E-state index < -0.39 is 12.3 Å². The zero-order valence-electron chi connectivity index (χ0n) is 13.6. The summed E-state index contributed by atoms with van der Waals surface area (Å²) in [5.74, 6) is -0.908. The number of nitrogens with zero attached hydrogens (tertiary/aromatic N) is 1. The van der Waals surface area contributed by atoms with Crippen LogP contribution in [0.3, 0.4) is 0 Å². The number of esters is 1. The van der Waals surface area contributed by atoms with Gasteiger partial charge < -0.3 is 24.4 Å². The van der Waals surface area contributed by atoms with Gasteiger partial charge in [-0.15, -0.1) is 8.78 Å². The zero-order valence-corrected chi connectivity index (χ0v) is 13.6. The van der Waals surface area contributed by atoms with Crippen LogP contribution in [0.5, 0.6) is 11.5 Å². The Bertz CT molecular complexity index is 682. The van der Waals surface area contributed by atoms with Gasteiger partial charge >= 0.3 is 18.3 Å². The highest BCUT2D eigenvalue weighted by Gasteiger charge is 2.43. The molecule has 0 aromatic heterocycles. The van der Waals surface area contributed by atoms with Gasteiger partial charge in [0.05, 0.1) is 12.5 Å². The number of piperidine rings is 1. The smallest absolute Gasteiger partial charge is 0.466 e. The van der Waals surface area contributed by atoms with Crippen molar-refractivity contribution in [1.82, 2.24) is 4.90 Å². The van der Waals surface area contributed by atoms with Crippen LogP contribution in [0.2, 0.25) is 0 Å². The first kappa shape index (κ1) is 17.2. The molecular weight excluding hydrogens is 338 g/mol. The third-order valence-electron chi connectivity index (χ3n) is 3.98. The first-order chi connectivity index (χ1) is 11.9. The Morgan fingerprint density at radius 1 is 1.36 bits per heavy atom. The predicted molar refractivity (Wildman–Crippen MR) is 82.6 cm³/mol. The lowest BCUT2D eigenvalue weighted by Gasteiger charge is -2.31. The number of carbonyl (C=O) groups is 2. The lowest BCUT2D eigenvalue weighted by molar-refractivity contribution is -0.286. The molecule has 1 aromatic carbocycles. The molecule has 3 rings (SSSR count). The van der Waals surface area contributed by atoms with E-state index >= 15 is 0 Å². The molecule has 0 spiro atoms. The minimum absolute atomic E-state index is 0.0941. The summed E-state index contributed by atoms with van der Waals surface area (Å²) in [6, 6.07) is 3.58. The van der Waals surface area contributed by atoms with E-state index in [4.69, 9.17) is 4.74 Å². The quantitative estimate of drug-likeness (QED) is 0.843. The Balaban J connectivity index is 1.62. The number of alkyl halides is 2. The highest BCUT2D eigenvalue weighted by molar-refractivity contribution is 5.90. The summed E-state index contributed by atoms with van der Waals surface area (Å²) in [6.45, 7) is 2.79. The molecule has 1 atom stereocenters. The van der Waals surface area contributed by atoms with Crippen LogP contribution in [0.1, 0.15) is 19.8 Å². The second kappa shape index (κ2) is 6.73. The molecule has 2 aliphatic rings. The number of benzene rings is 1. The largest absolute Gasteiger partial charge is 0.586 e. The Labute approximate surface area is 142 Å². The third-order valence-corrected chi connectivity index (χ3v) is 3.98. The number of amides is 2. The van der Waals surface area contributed by atoms with Crippen LogP contribution in [0, 0.1) is 5.92 Å². The van der Waals surface area contributed by atoms with Crippen molar-refractivity contribution in [2.24, 2.45) is 5.92 Å². The van der Waals surface area contributed by atoms with Crippen LogP contribution in [0.4, 0.5) is 19.3 Å². The molecule has 1 N–H and O–H groups in total. The summed E-state index contributed by atoms with van der Waals surface area (Å²) in [7, 11) is 0. The molecule has 2 aliphatic heterocycles. The van der Waals surface area contributed by atoms with E-state index in [2.05, 4.69) is 14.8 Å². The van der Waals surface area contributed by atoms with Crippen LogP contribution in [0.25, 0.3) is 0 Å². The molecule has 1 aromatic rings. The molecule has 1 unspecified atom stereocenters. The van der Waals surface area contributed by atoms with E-state index in [-0.39, 0.29) is 29.9 Å². The minimum Gasteiger partial charge on any atom is -0.466 e. The van der Waals surface area contributed by atoms with Gasteiger partial charge in [0.1, 0.15) is 0 Å². The van der Waals surface area contributed by atoms with Crippen molar-refractivity contribution >= 4 is 17.7 Å². The lowest BCUT2D eigenvalue weighted by Crippen LogP contribution is -2.44. The number of fused-ring (bicyclic) bond motifs is 1. The lowest BCUT2D eigenvalue weighted by atomic mass is 9.98. The molecule has 2 amide bonds. The number of rotatable bonds is 3. The fourth-order valence-electron chi connectivity index (χ4n) is 2.84. The fourth-order valence-corrected chi connectivity index (χ4v) is 2.84. The number of nitrogens with one attached hydrogen (secondary N) is 1. The second-order valence-electron chi connectivity index (χ2n) is 5.80. The summed E-state index contributed by atoms with van der Waals surface area (Å²) < 4.78 is 39.7. The minimum atomic E-state index is -3.70. The van der Waals surface area contributed by atoms with Gasteiger partial charge in [-0.1, -0.05) is 0 Å². The van der Waals surface area contributed by atoms with Gasteiger partial charge in [-0.05, 0) is 31.9 Å². The number of hydrogen-bond donors (Lipinski definition) is 1. The molecule has 0 bridgehead atoms. The van der Waals surface area contributed by atoms with Gasteiger partial charge in [0.2, 0.25) is 0 Å². The maximum atomic E-state index is 13.0. The van der Waals surface area contributed by atoms with Crippen LogP contribution in [0.15, 0.2) is 18.2 Å². The number of anilines is 1. The van der Waals surface area contributed by atoms with Crippen LogP contribution < -0.4 is 14.8 Å². The van der Waals surface area contributed by atoms with Gasteiger partial charge in [-0.2, -0.15) is 0 Å². The van der Waals surface area contributed by atoms with Crippen molar-refractivity contribution in [3.63, 3.8) is 0 Å². The van der Waals surface area contributed by atoms with Crippen LogP contribution >= 0.6 is 0 Å². The fraction of sp³-hybridized carbons (Fsp3) is 0.500. The second-order valence-corrected chi connectivity index (χ2v) is 5.80. The van der Waals surface area contributed by atoms with Gasteiger partial charge in [-0.25, -0.2) is 4.79 Å². The molecule has 0 aliphatic carbocycles. The number of hydrogen-bond acceptors (Lipinski definition) is 5. The van der Waals surface area contributed by atoms with E-state index in [1.165, 1.54) is 23.1 Å². The number of urea groups is 1. The Hall–Kier alpha value is -2.58. The van der Waals surface area contributed by atoms with Crippen molar-refractivity contribution in [2.45, 2.75) is 26.1 Å². The summed E-state index contributed by atoms with van der Waals surface area (Å²) in [6.07, 6.45) is -2.35. The van der Waals surface area contributed by atoms with Crippen molar-refractivity contribution in [3.8, 4) is 11.5 Å². The van der Waals surface area contributed by atoms with Crippen LogP contribution in [-0.4, -0.2) is 42.9 Å². The summed E-state index contributed by atoms with van der Waals surface area (Å²) >= 11 is 0. The molecule has 0 saturated carbocycles. The topological polar surface area (TPSA) is 77.1 Å². The van der Waals surface area contributed by atoms with E-state index in [1.54, 1.807) is 6.92 Å². The monoisotopic (exact) mass is 356 g/mol. The molecule has 7 nitrogen and oxygen atoms in total. The average Bonchev–Trinajstić information content (AvgIpc) is 2.88. The van der Waals surface area contributed by atoms with Gasteiger partial charge in [0, 0.05) is 24.8 Å². The number of halogens is 2. The molecule has 1 saturated heterocycles. The van der Waals surface area contributed by atoms with E-state index in [1.807, 2.05) is 0 Å². The van der Waals surface area contributed by atoms with E-state index in [9.17, 15) is 18.4 Å². The van der Waals surface area contributed by atoms with Crippen molar-refractivity contribution in [1.29, 1.82) is 0 Å². The van der Waals surface area contributed by atoms with E-state index in [0.29, 0.717) is 31.7 Å². The number of carbonyl (C=O) groups excluding carboxylic acids is 2. The van der Waals surface area contributed by atoms with Gasteiger partial charge in [0.15, 0.2) is 11.5 Å². The van der Waals surface area contributed by atoms with Gasteiger partial charge in [0.25, 0.3) is 0 Å². The first-order valence-electron chi connectivity index (χ1n) is 8.00. The van der Waals surface area contributed by atoms with Crippen LogP contribution in [-0.2, 0) is 9.53 Å². The Kier molecular flexibility index (Phi) is 4.65. The van der Waals surface area contributed by atoms with E-state index in [0.717, 1.165) is 0 Å². The molecule has 0 radical (unpaired) electrons. The summed E-state index contributed by atoms with van der Waals surface area (Å²) in [4.78, 5) is 25.7. The summed E-state index contributed by atoms with van der Waals surface area (Å²) in [5.41, 5.74) is 0.295. The number of ether oxygens (including phenoxy) is 3. The molecule has 136 valence electrons. The average molecular weight is 356 g/mol. The predicted octanol–water partition coefficient (Wildman–Crippen LogP) is 2.82. The van der Waals surface area contributed by atoms with Crippen molar-refractivity contribution < 1.29 is 32.6 Å². The Morgan fingerprint density at radius 3 is 2.88 bits per heavy atom. The van der Waals surface area contributed by atoms with Gasteiger partial charge in [-0.3, -0.25) is 4.79 Å². The maximum absolute atomic E-state index is 13.0. The molecule has 25 heavy (non-hydrogen) atoms. The van der Waals surface area contributed by atoms with Crippen molar-refractivity contribution in [2.75, 3.05) is 25.0 Å². The highest BCUT2D eigenvalue weighted by atomic mass is 19.3. The zero-order chi connectivity index (χ0) is 18.0. The molecule has 2 heterocycles. The molecular formula is C16H18F2N2O5. The maximum Gasteiger partial charge on any atom is 0.586 e. The molecule has 9 heteroatoms. The normalized spacial score (nSPS) is 20.9. The summed E-state index contributed by atoms with van der Waals surface area (Å²) in [5, 5.41) is 2.61. The van der Waals surface area contributed by atoms with Crippen molar-refractivity contribution in [3.05, 3.63) is 18.2 Å². The SMILES string of the molecule is CCOC(=O)C1CCCN(C(=O)Nc2ccc3c(c2)OC(F)(F)O3)C1. The molecule has 1 fully saturated rings.